The van der Waals surface area contributed by atoms with E-state index in [2.05, 4.69) is 14.9 Å². The molecule has 146 valence electrons. The minimum absolute atomic E-state index is 0.0343. The maximum atomic E-state index is 14.3. The van der Waals surface area contributed by atoms with Crippen LogP contribution in [0.25, 0.3) is 11.3 Å². The Morgan fingerprint density at radius 1 is 1.25 bits per heavy atom. The summed E-state index contributed by atoms with van der Waals surface area (Å²) in [5.74, 6) is -7.05. The number of H-pyrrole nitrogens is 1. The van der Waals surface area contributed by atoms with Crippen LogP contribution in [-0.2, 0) is 9.53 Å². The lowest BCUT2D eigenvalue weighted by Crippen LogP contribution is -2.20. The summed E-state index contributed by atoms with van der Waals surface area (Å²) in [5.41, 5.74) is -1.49. The Kier molecular flexibility index (Phi) is 4.91. The number of fused-ring (bicyclic) bond motifs is 1. The highest BCUT2D eigenvalue weighted by molar-refractivity contribution is 5.96. The van der Waals surface area contributed by atoms with Crippen LogP contribution in [0.15, 0.2) is 29.3 Å². The van der Waals surface area contributed by atoms with Crippen LogP contribution in [0.4, 0.5) is 13.2 Å². The van der Waals surface area contributed by atoms with E-state index in [9.17, 15) is 32.7 Å². The molecule has 0 radical (unpaired) electrons. The van der Waals surface area contributed by atoms with Gasteiger partial charge in [-0.25, -0.2) is 23.1 Å². The number of hydrogen-bond acceptors (Lipinski definition) is 5. The van der Waals surface area contributed by atoms with Crippen LogP contribution in [0, 0.1) is 17.5 Å². The van der Waals surface area contributed by atoms with Crippen molar-refractivity contribution in [2.75, 3.05) is 7.11 Å². The molecule has 1 aromatic carbocycles. The van der Waals surface area contributed by atoms with Crippen LogP contribution in [0.2, 0.25) is 0 Å². The third kappa shape index (κ3) is 3.21. The number of aliphatic carboxylic acids is 1. The number of carboxylic acid groups (broad SMARTS) is 1. The Hall–Kier alpha value is -3.63. The molecule has 0 unspecified atom stereocenters. The predicted molar refractivity (Wildman–Crippen MR) is 87.5 cm³/mol. The fourth-order valence-corrected chi connectivity index (χ4v) is 2.84. The van der Waals surface area contributed by atoms with Crippen molar-refractivity contribution < 1.29 is 32.6 Å². The molecule has 0 aliphatic carbocycles. The first-order valence-electron chi connectivity index (χ1n) is 7.78. The predicted octanol–water partition coefficient (Wildman–Crippen LogP) is 1.94. The van der Waals surface area contributed by atoms with Gasteiger partial charge in [-0.1, -0.05) is 6.07 Å². The SMILES string of the molecule is COC(=O)c1cn([C@H](CC(=O)O)c2ccc(F)c(F)c2F)cc2c(=O)[nH]nc1-2. The summed E-state index contributed by atoms with van der Waals surface area (Å²) in [6, 6.07) is 0.151. The minimum Gasteiger partial charge on any atom is -0.481 e. The summed E-state index contributed by atoms with van der Waals surface area (Å²) in [6.07, 6.45) is 1.50. The summed E-state index contributed by atoms with van der Waals surface area (Å²) in [6.45, 7) is 0. The molecule has 0 fully saturated rings. The number of carbonyl (C=O) groups is 2. The number of aromatic amines is 1. The maximum absolute atomic E-state index is 14.3. The van der Waals surface area contributed by atoms with E-state index in [1.54, 1.807) is 0 Å². The van der Waals surface area contributed by atoms with E-state index in [-0.39, 0.29) is 16.8 Å². The van der Waals surface area contributed by atoms with Gasteiger partial charge in [0.05, 0.1) is 25.1 Å². The molecule has 0 saturated heterocycles. The van der Waals surface area contributed by atoms with Gasteiger partial charge in [-0.3, -0.25) is 9.59 Å². The molecule has 2 heterocycles. The zero-order valence-electron chi connectivity index (χ0n) is 14.2. The number of nitrogens with one attached hydrogen (secondary N) is 1. The zero-order chi connectivity index (χ0) is 20.6. The van der Waals surface area contributed by atoms with E-state index in [1.165, 1.54) is 0 Å². The number of halogens is 3. The number of carbonyl (C=O) groups excluding carboxylic acids is 1. The summed E-state index contributed by atoms with van der Waals surface area (Å²) in [5, 5.41) is 15.1. The van der Waals surface area contributed by atoms with Gasteiger partial charge in [0.25, 0.3) is 5.56 Å². The first kappa shape index (κ1) is 19.1. The largest absolute Gasteiger partial charge is 0.481 e. The van der Waals surface area contributed by atoms with Crippen LogP contribution in [-0.4, -0.2) is 38.9 Å². The Balaban J connectivity index is 2.28. The minimum atomic E-state index is -1.77. The summed E-state index contributed by atoms with van der Waals surface area (Å²) < 4.78 is 46.9. The van der Waals surface area contributed by atoms with Crippen molar-refractivity contribution in [3.05, 3.63) is 63.5 Å². The number of nitrogens with zero attached hydrogens (tertiary/aromatic N) is 2. The molecule has 0 bridgehead atoms. The molecule has 2 N–H and O–H groups in total. The fraction of sp³-hybridized carbons (Fsp3) is 0.176. The van der Waals surface area contributed by atoms with Crippen LogP contribution in [0.5, 0.6) is 0 Å². The third-order valence-electron chi connectivity index (χ3n) is 4.14. The molecule has 28 heavy (non-hydrogen) atoms. The lowest BCUT2D eigenvalue weighted by atomic mass is 10.0. The number of aromatic nitrogens is 3. The van der Waals surface area contributed by atoms with Gasteiger partial charge >= 0.3 is 11.9 Å². The van der Waals surface area contributed by atoms with Crippen molar-refractivity contribution >= 4 is 11.9 Å². The molecule has 1 atom stereocenters. The van der Waals surface area contributed by atoms with E-state index in [0.717, 1.165) is 30.1 Å². The van der Waals surface area contributed by atoms with E-state index in [1.807, 2.05) is 0 Å². The second kappa shape index (κ2) is 7.18. The monoisotopic (exact) mass is 395 g/mol. The van der Waals surface area contributed by atoms with Gasteiger partial charge in [0.15, 0.2) is 17.5 Å². The molecule has 1 aromatic rings. The number of methoxy groups -OCH3 is 1. The van der Waals surface area contributed by atoms with Gasteiger partial charge in [0.1, 0.15) is 11.3 Å². The number of esters is 1. The smallest absolute Gasteiger partial charge is 0.341 e. The Labute approximate surface area is 154 Å². The molecule has 8 nitrogen and oxygen atoms in total. The number of ether oxygens (including phenoxy) is 1. The number of rotatable bonds is 5. The number of pyridine rings is 1. The Bertz CT molecular complexity index is 1110. The summed E-state index contributed by atoms with van der Waals surface area (Å²) >= 11 is 0. The molecule has 11 heteroatoms. The lowest BCUT2D eigenvalue weighted by Gasteiger charge is -2.22. The molecular weight excluding hydrogens is 383 g/mol. The number of carboxylic acids is 1. The quantitative estimate of drug-likeness (QED) is 0.504. The summed E-state index contributed by atoms with van der Waals surface area (Å²) in [4.78, 5) is 35.3. The first-order valence-corrected chi connectivity index (χ1v) is 7.78. The van der Waals surface area contributed by atoms with Gasteiger partial charge in [-0.2, -0.15) is 5.10 Å². The van der Waals surface area contributed by atoms with Crippen molar-refractivity contribution in [1.82, 2.24) is 14.8 Å². The highest BCUT2D eigenvalue weighted by Crippen LogP contribution is 2.30. The van der Waals surface area contributed by atoms with Gasteiger partial charge in [-0.15, -0.1) is 0 Å². The second-order valence-corrected chi connectivity index (χ2v) is 5.80. The third-order valence-corrected chi connectivity index (χ3v) is 4.14. The zero-order valence-corrected chi connectivity index (χ0v) is 14.2. The molecule has 2 aliphatic rings. The van der Waals surface area contributed by atoms with E-state index in [4.69, 9.17) is 0 Å². The van der Waals surface area contributed by atoms with E-state index < -0.39 is 53.0 Å². The number of benzene rings is 1. The van der Waals surface area contributed by atoms with Crippen LogP contribution >= 0.6 is 0 Å². The van der Waals surface area contributed by atoms with Crippen molar-refractivity contribution in [1.29, 1.82) is 0 Å². The van der Waals surface area contributed by atoms with Gasteiger partial charge in [0, 0.05) is 18.0 Å². The van der Waals surface area contributed by atoms with Gasteiger partial charge in [-0.05, 0) is 6.07 Å². The molecular formula is C17H12F3N3O5. The van der Waals surface area contributed by atoms with E-state index >= 15 is 0 Å². The van der Waals surface area contributed by atoms with Crippen molar-refractivity contribution in [3.63, 3.8) is 0 Å². The van der Waals surface area contributed by atoms with E-state index in [0.29, 0.717) is 6.07 Å². The van der Waals surface area contributed by atoms with Crippen LogP contribution in [0.3, 0.4) is 0 Å². The molecule has 0 spiro atoms. The van der Waals surface area contributed by atoms with Gasteiger partial charge < -0.3 is 14.4 Å². The second-order valence-electron chi connectivity index (χ2n) is 5.80. The molecule has 0 aromatic heterocycles. The standard InChI is InChI=1S/C17H12F3N3O5/c1-28-17(27)9-6-23(5-8-15(9)21-22-16(8)26)11(4-12(24)25)7-2-3-10(18)14(20)13(7)19/h2-3,5-6,11H,4H2,1H3,(H,22,26)(H,24,25)/t11-/m1/s1. The van der Waals surface area contributed by atoms with Crippen molar-refractivity contribution in [2.45, 2.75) is 12.5 Å². The highest BCUT2D eigenvalue weighted by atomic mass is 19.2. The van der Waals surface area contributed by atoms with Crippen LogP contribution in [0.1, 0.15) is 28.4 Å². The molecule has 3 rings (SSSR count). The highest BCUT2D eigenvalue weighted by Gasteiger charge is 2.28. The average Bonchev–Trinajstić information content (AvgIpc) is 3.04. The molecule has 0 saturated carbocycles. The fourth-order valence-electron chi connectivity index (χ4n) is 2.84. The number of hydrogen-bond donors (Lipinski definition) is 2. The molecule has 0 amide bonds. The Morgan fingerprint density at radius 2 is 1.96 bits per heavy atom. The maximum Gasteiger partial charge on any atom is 0.341 e. The first-order chi connectivity index (χ1) is 13.2. The summed E-state index contributed by atoms with van der Waals surface area (Å²) in [7, 11) is 1.08. The van der Waals surface area contributed by atoms with Gasteiger partial charge in [0.2, 0.25) is 0 Å². The van der Waals surface area contributed by atoms with Crippen molar-refractivity contribution in [2.24, 2.45) is 0 Å². The topological polar surface area (TPSA) is 114 Å². The normalized spacial score (nSPS) is 12.1. The van der Waals surface area contributed by atoms with Crippen LogP contribution < -0.4 is 5.56 Å². The average molecular weight is 395 g/mol. The Morgan fingerprint density at radius 3 is 2.61 bits per heavy atom. The molecule has 2 aliphatic heterocycles. The van der Waals surface area contributed by atoms with Crippen molar-refractivity contribution in [3.8, 4) is 11.3 Å². The lowest BCUT2D eigenvalue weighted by molar-refractivity contribution is -0.137.